The Morgan fingerprint density at radius 1 is 1.00 bits per heavy atom. The smallest absolute Gasteiger partial charge is 0.255 e. The molecule has 0 saturated heterocycles. The first-order valence-electron chi connectivity index (χ1n) is 9.13. The number of imidazole rings is 1. The highest BCUT2D eigenvalue weighted by Gasteiger charge is 2.13. The number of fused-ring (bicyclic) bond motifs is 1. The Kier molecular flexibility index (Phi) is 4.79. The molecule has 3 aromatic carbocycles. The normalized spacial score (nSPS) is 11.5. The predicted molar refractivity (Wildman–Crippen MR) is 115 cm³/mol. The van der Waals surface area contributed by atoms with E-state index >= 15 is 0 Å². The molecule has 0 radical (unpaired) electrons. The number of anilines is 1. The molecular formula is C22H19N3O4S. The maximum Gasteiger partial charge on any atom is 0.255 e. The zero-order valence-electron chi connectivity index (χ0n) is 16.3. The van der Waals surface area contributed by atoms with E-state index in [2.05, 4.69) is 10.3 Å². The van der Waals surface area contributed by atoms with Crippen LogP contribution in [0.15, 0.2) is 71.6 Å². The molecule has 152 valence electrons. The molecule has 0 atom stereocenters. The van der Waals surface area contributed by atoms with Gasteiger partial charge in [-0.3, -0.25) is 4.79 Å². The first kappa shape index (κ1) is 19.7. The SMILES string of the molecule is Cc1ccc2nc(-c3ccc(NC(=O)c4ccc(S(C)(=O)=O)cc4)cc3)n(O)c2c1. The van der Waals surface area contributed by atoms with Crippen molar-refractivity contribution >= 4 is 32.5 Å². The number of nitrogens with one attached hydrogen (secondary N) is 1. The molecule has 0 bridgehead atoms. The fourth-order valence-electron chi connectivity index (χ4n) is 3.12. The molecular weight excluding hydrogens is 402 g/mol. The average Bonchev–Trinajstić information content (AvgIpc) is 3.04. The lowest BCUT2D eigenvalue weighted by Gasteiger charge is -2.07. The fraction of sp³-hybridized carbons (Fsp3) is 0.0909. The summed E-state index contributed by atoms with van der Waals surface area (Å²) in [6, 6.07) is 18.3. The molecule has 0 saturated carbocycles. The Morgan fingerprint density at radius 2 is 1.67 bits per heavy atom. The Balaban J connectivity index is 1.54. The van der Waals surface area contributed by atoms with Crippen LogP contribution in [0.2, 0.25) is 0 Å². The second-order valence-electron chi connectivity index (χ2n) is 7.07. The highest BCUT2D eigenvalue weighted by atomic mass is 32.2. The van der Waals surface area contributed by atoms with Crippen LogP contribution in [0.25, 0.3) is 22.4 Å². The van der Waals surface area contributed by atoms with E-state index in [4.69, 9.17) is 0 Å². The lowest BCUT2D eigenvalue weighted by atomic mass is 10.1. The van der Waals surface area contributed by atoms with Crippen molar-refractivity contribution in [3.8, 4) is 11.4 Å². The van der Waals surface area contributed by atoms with E-state index in [1.54, 1.807) is 24.3 Å². The summed E-state index contributed by atoms with van der Waals surface area (Å²) < 4.78 is 24.1. The highest BCUT2D eigenvalue weighted by molar-refractivity contribution is 7.90. The van der Waals surface area contributed by atoms with Crippen molar-refractivity contribution in [3.05, 3.63) is 77.9 Å². The van der Waals surface area contributed by atoms with Crippen molar-refractivity contribution < 1.29 is 18.4 Å². The van der Waals surface area contributed by atoms with Crippen molar-refractivity contribution in [1.29, 1.82) is 0 Å². The third kappa shape index (κ3) is 3.77. The van der Waals surface area contributed by atoms with E-state index in [0.29, 0.717) is 33.7 Å². The number of hydrogen-bond acceptors (Lipinski definition) is 5. The van der Waals surface area contributed by atoms with Gasteiger partial charge in [0.2, 0.25) is 0 Å². The molecule has 0 aliphatic carbocycles. The third-order valence-corrected chi connectivity index (χ3v) is 5.86. The summed E-state index contributed by atoms with van der Waals surface area (Å²) in [5, 5.41) is 13.2. The molecule has 0 spiro atoms. The Hall–Kier alpha value is -3.65. The van der Waals surface area contributed by atoms with E-state index in [9.17, 15) is 18.4 Å². The molecule has 0 unspecified atom stereocenters. The summed E-state index contributed by atoms with van der Waals surface area (Å²) in [4.78, 5) is 17.0. The minimum Gasteiger partial charge on any atom is -0.426 e. The average molecular weight is 421 g/mol. The lowest BCUT2D eigenvalue weighted by molar-refractivity contribution is 0.102. The molecule has 7 nitrogen and oxygen atoms in total. The van der Waals surface area contributed by atoms with Crippen LogP contribution in [0.1, 0.15) is 15.9 Å². The number of carbonyl (C=O) groups excluding carboxylic acids is 1. The Labute approximate surface area is 173 Å². The fourth-order valence-corrected chi connectivity index (χ4v) is 3.75. The quantitative estimate of drug-likeness (QED) is 0.487. The Morgan fingerprint density at radius 3 is 2.30 bits per heavy atom. The largest absolute Gasteiger partial charge is 0.426 e. The monoisotopic (exact) mass is 421 g/mol. The standard InChI is InChI=1S/C22H19N3O4S/c1-14-3-12-19-20(13-14)25(27)21(24-19)15-4-8-17(9-5-15)23-22(26)16-6-10-18(11-7-16)30(2,28)29/h3-13,27H,1-2H3,(H,23,26). The molecule has 2 N–H and O–H groups in total. The molecule has 8 heteroatoms. The third-order valence-electron chi connectivity index (χ3n) is 4.73. The summed E-state index contributed by atoms with van der Waals surface area (Å²) in [7, 11) is -3.31. The minimum atomic E-state index is -3.31. The lowest BCUT2D eigenvalue weighted by Crippen LogP contribution is -2.12. The van der Waals surface area contributed by atoms with E-state index in [1.807, 2.05) is 25.1 Å². The van der Waals surface area contributed by atoms with E-state index in [1.165, 1.54) is 24.3 Å². The number of rotatable bonds is 4. The number of benzene rings is 3. The molecule has 4 rings (SSSR count). The molecule has 1 heterocycles. The van der Waals surface area contributed by atoms with E-state index < -0.39 is 9.84 Å². The first-order chi connectivity index (χ1) is 14.2. The topological polar surface area (TPSA) is 101 Å². The number of amides is 1. The van der Waals surface area contributed by atoms with E-state index in [0.717, 1.165) is 16.5 Å². The van der Waals surface area contributed by atoms with Crippen molar-refractivity contribution in [2.45, 2.75) is 11.8 Å². The van der Waals surface area contributed by atoms with Crippen molar-refractivity contribution in [1.82, 2.24) is 9.71 Å². The van der Waals surface area contributed by atoms with Crippen LogP contribution in [0, 0.1) is 6.92 Å². The van der Waals surface area contributed by atoms with Gasteiger partial charge in [0.25, 0.3) is 5.91 Å². The van der Waals surface area contributed by atoms with Gasteiger partial charge in [-0.2, -0.15) is 4.73 Å². The van der Waals surface area contributed by atoms with Gasteiger partial charge in [-0.1, -0.05) is 6.07 Å². The van der Waals surface area contributed by atoms with Gasteiger partial charge in [0.15, 0.2) is 15.7 Å². The molecule has 4 aromatic rings. The summed E-state index contributed by atoms with van der Waals surface area (Å²) in [5.74, 6) is 0.0533. The van der Waals surface area contributed by atoms with Gasteiger partial charge in [-0.05, 0) is 73.2 Å². The molecule has 0 aliphatic heterocycles. The number of hydrogen-bond donors (Lipinski definition) is 2. The van der Waals surface area contributed by atoms with Gasteiger partial charge >= 0.3 is 0 Å². The van der Waals surface area contributed by atoms with Crippen molar-refractivity contribution in [3.63, 3.8) is 0 Å². The van der Waals surface area contributed by atoms with Crippen LogP contribution >= 0.6 is 0 Å². The van der Waals surface area contributed by atoms with Gasteiger partial charge in [0.1, 0.15) is 5.52 Å². The molecule has 1 aromatic heterocycles. The van der Waals surface area contributed by atoms with Crippen molar-refractivity contribution in [2.24, 2.45) is 0 Å². The van der Waals surface area contributed by atoms with Crippen LogP contribution in [0.4, 0.5) is 5.69 Å². The summed E-state index contributed by atoms with van der Waals surface area (Å²) in [5.41, 5.74) is 3.94. The van der Waals surface area contributed by atoms with Crippen molar-refractivity contribution in [2.75, 3.05) is 11.6 Å². The number of aryl methyl sites for hydroxylation is 1. The number of carbonyl (C=O) groups is 1. The zero-order chi connectivity index (χ0) is 21.5. The Bertz CT molecular complexity index is 1360. The van der Waals surface area contributed by atoms with Crippen LogP contribution < -0.4 is 5.32 Å². The second kappa shape index (κ2) is 7.31. The molecule has 1 amide bonds. The second-order valence-corrected chi connectivity index (χ2v) is 9.08. The number of nitrogens with zero attached hydrogens (tertiary/aromatic N) is 2. The van der Waals surface area contributed by atoms with Crippen LogP contribution in [0.5, 0.6) is 0 Å². The van der Waals surface area contributed by atoms with Gasteiger partial charge in [0, 0.05) is 23.1 Å². The molecule has 0 aliphatic rings. The maximum atomic E-state index is 12.4. The van der Waals surface area contributed by atoms with Crippen LogP contribution in [0.3, 0.4) is 0 Å². The first-order valence-corrected chi connectivity index (χ1v) is 11.0. The van der Waals surface area contributed by atoms with Crippen LogP contribution in [-0.4, -0.2) is 35.5 Å². The summed E-state index contributed by atoms with van der Waals surface area (Å²) >= 11 is 0. The number of sulfone groups is 1. The maximum absolute atomic E-state index is 12.4. The predicted octanol–water partition coefficient (Wildman–Crippen LogP) is 3.90. The summed E-state index contributed by atoms with van der Waals surface area (Å²) in [6.07, 6.45) is 1.12. The van der Waals surface area contributed by atoms with Gasteiger partial charge in [0.05, 0.1) is 10.4 Å². The molecule has 30 heavy (non-hydrogen) atoms. The minimum absolute atomic E-state index is 0.158. The molecule has 0 fully saturated rings. The highest BCUT2D eigenvalue weighted by Crippen LogP contribution is 2.25. The van der Waals surface area contributed by atoms with Gasteiger partial charge in [-0.25, -0.2) is 13.4 Å². The zero-order valence-corrected chi connectivity index (χ0v) is 17.1. The summed E-state index contributed by atoms with van der Waals surface area (Å²) in [6.45, 7) is 1.94. The number of aromatic nitrogens is 2. The van der Waals surface area contributed by atoms with Gasteiger partial charge in [-0.15, -0.1) is 0 Å². The van der Waals surface area contributed by atoms with Gasteiger partial charge < -0.3 is 10.5 Å². The van der Waals surface area contributed by atoms with E-state index in [-0.39, 0.29) is 10.8 Å². The van der Waals surface area contributed by atoms with Crippen LogP contribution in [-0.2, 0) is 9.84 Å².